The van der Waals surface area contributed by atoms with Gasteiger partial charge in [0.05, 0.1) is 18.2 Å². The van der Waals surface area contributed by atoms with Gasteiger partial charge in [0.25, 0.3) is 0 Å². The van der Waals surface area contributed by atoms with Crippen LogP contribution in [0.3, 0.4) is 0 Å². The molecule has 0 amide bonds. The van der Waals surface area contributed by atoms with Crippen molar-refractivity contribution in [3.63, 3.8) is 0 Å². The molecule has 0 aromatic heterocycles. The van der Waals surface area contributed by atoms with Crippen molar-refractivity contribution in [3.8, 4) is 5.75 Å². The molecule has 2 rings (SSSR count). The molecule has 0 saturated carbocycles. The number of methoxy groups -OCH3 is 1. The fraction of sp³-hybridized carbons (Fsp3) is 0.176. The van der Waals surface area contributed by atoms with Gasteiger partial charge in [-0.25, -0.2) is 9.59 Å². The highest BCUT2D eigenvalue weighted by Crippen LogP contribution is 2.12. The number of esters is 2. The zero-order chi connectivity index (χ0) is 18.2. The summed E-state index contributed by atoms with van der Waals surface area (Å²) in [5, 5.41) is 18.0. The highest BCUT2D eigenvalue weighted by molar-refractivity contribution is 6.58. The van der Waals surface area contributed by atoms with E-state index >= 15 is 0 Å². The quantitative estimate of drug-likeness (QED) is 0.425. The van der Waals surface area contributed by atoms with E-state index in [0.29, 0.717) is 11.3 Å². The molecule has 2 aromatic rings. The lowest BCUT2D eigenvalue weighted by molar-refractivity contribution is 0.0265. The molecule has 130 valence electrons. The summed E-state index contributed by atoms with van der Waals surface area (Å²) in [7, 11) is -0.0660. The second kappa shape index (κ2) is 8.86. The fourth-order valence-electron chi connectivity index (χ4n) is 1.95. The van der Waals surface area contributed by atoms with Crippen molar-refractivity contribution in [2.75, 3.05) is 20.3 Å². The third-order valence-corrected chi connectivity index (χ3v) is 3.32. The first-order valence-corrected chi connectivity index (χ1v) is 7.45. The van der Waals surface area contributed by atoms with Crippen LogP contribution in [0.5, 0.6) is 5.75 Å². The lowest BCUT2D eigenvalue weighted by atomic mass is 9.80. The molecule has 0 unspecified atom stereocenters. The van der Waals surface area contributed by atoms with Crippen LogP contribution in [0.2, 0.25) is 0 Å². The normalized spacial score (nSPS) is 10.0. The van der Waals surface area contributed by atoms with Crippen LogP contribution in [-0.2, 0) is 9.47 Å². The van der Waals surface area contributed by atoms with Gasteiger partial charge in [-0.3, -0.25) is 0 Å². The van der Waals surface area contributed by atoms with Crippen LogP contribution in [-0.4, -0.2) is 49.4 Å². The minimum absolute atomic E-state index is 0.0793. The van der Waals surface area contributed by atoms with Gasteiger partial charge in [-0.1, -0.05) is 12.1 Å². The Bertz CT molecular complexity index is 711. The molecular weight excluding hydrogens is 327 g/mol. The summed E-state index contributed by atoms with van der Waals surface area (Å²) in [6, 6.07) is 12.1. The van der Waals surface area contributed by atoms with Crippen LogP contribution < -0.4 is 10.2 Å². The predicted octanol–water partition coefficient (Wildman–Crippen LogP) is 0.389. The Hall–Kier alpha value is -2.84. The summed E-state index contributed by atoms with van der Waals surface area (Å²) in [5.41, 5.74) is 0.890. The molecule has 0 atom stereocenters. The van der Waals surface area contributed by atoms with Crippen molar-refractivity contribution < 1.29 is 33.8 Å². The van der Waals surface area contributed by atoms with Crippen molar-refractivity contribution in [1.29, 1.82) is 0 Å². The second-order valence-corrected chi connectivity index (χ2v) is 5.00. The predicted molar refractivity (Wildman–Crippen MR) is 89.8 cm³/mol. The van der Waals surface area contributed by atoms with Gasteiger partial charge in [0.15, 0.2) is 0 Å². The second-order valence-electron chi connectivity index (χ2n) is 5.00. The van der Waals surface area contributed by atoms with E-state index in [4.69, 9.17) is 24.3 Å². The first kappa shape index (κ1) is 18.5. The molecule has 0 spiro atoms. The molecule has 2 N–H and O–H groups in total. The van der Waals surface area contributed by atoms with Crippen molar-refractivity contribution in [2.45, 2.75) is 0 Å². The van der Waals surface area contributed by atoms with Gasteiger partial charge in [0, 0.05) is 0 Å². The first-order chi connectivity index (χ1) is 12.0. The zero-order valence-corrected chi connectivity index (χ0v) is 13.5. The highest BCUT2D eigenvalue weighted by Gasteiger charge is 2.13. The Labute approximate surface area is 144 Å². The third kappa shape index (κ3) is 5.34. The largest absolute Gasteiger partial charge is 0.497 e. The van der Waals surface area contributed by atoms with Crippen LogP contribution in [0.4, 0.5) is 0 Å². The van der Waals surface area contributed by atoms with E-state index in [0.717, 1.165) is 0 Å². The van der Waals surface area contributed by atoms with Crippen LogP contribution >= 0.6 is 0 Å². The maximum Gasteiger partial charge on any atom is 0.488 e. The first-order valence-electron chi connectivity index (χ1n) is 7.45. The molecule has 2 aromatic carbocycles. The summed E-state index contributed by atoms with van der Waals surface area (Å²) in [6.45, 7) is -0.171. The zero-order valence-electron chi connectivity index (χ0n) is 13.5. The van der Waals surface area contributed by atoms with Crippen molar-refractivity contribution >= 4 is 24.5 Å². The Kier molecular flexibility index (Phi) is 6.56. The Morgan fingerprint density at radius 2 is 1.28 bits per heavy atom. The maximum absolute atomic E-state index is 11.8. The average Bonchev–Trinajstić information content (AvgIpc) is 2.65. The smallest absolute Gasteiger partial charge is 0.488 e. The molecule has 0 radical (unpaired) electrons. The van der Waals surface area contributed by atoms with Crippen LogP contribution in [0.25, 0.3) is 0 Å². The minimum Gasteiger partial charge on any atom is -0.497 e. The molecule has 0 aliphatic rings. The maximum atomic E-state index is 11.8. The molecule has 7 nitrogen and oxygen atoms in total. The fourth-order valence-corrected chi connectivity index (χ4v) is 1.95. The molecule has 0 aliphatic heterocycles. The van der Waals surface area contributed by atoms with E-state index < -0.39 is 19.1 Å². The van der Waals surface area contributed by atoms with Crippen LogP contribution in [0.1, 0.15) is 20.7 Å². The average molecular weight is 344 g/mol. The van der Waals surface area contributed by atoms with E-state index in [-0.39, 0.29) is 24.2 Å². The summed E-state index contributed by atoms with van der Waals surface area (Å²) in [4.78, 5) is 23.6. The molecule has 0 heterocycles. The number of carbonyl (C=O) groups excluding carboxylic acids is 2. The van der Waals surface area contributed by atoms with E-state index in [1.54, 1.807) is 24.3 Å². The molecular formula is C17H17BO7. The monoisotopic (exact) mass is 344 g/mol. The van der Waals surface area contributed by atoms with E-state index in [1.165, 1.54) is 31.4 Å². The summed E-state index contributed by atoms with van der Waals surface area (Å²) < 4.78 is 15.0. The number of benzene rings is 2. The van der Waals surface area contributed by atoms with Crippen molar-refractivity contribution in [1.82, 2.24) is 0 Å². The number of hydrogen-bond donors (Lipinski definition) is 2. The van der Waals surface area contributed by atoms with Crippen LogP contribution in [0.15, 0.2) is 48.5 Å². The van der Waals surface area contributed by atoms with E-state index in [2.05, 4.69) is 0 Å². The minimum atomic E-state index is -1.59. The standard InChI is InChI=1S/C17H17BO7/c1-23-15-8-4-13(5-9-15)17(20)25-11-10-24-16(19)12-2-6-14(7-3-12)18(21)22/h2-9,21-22H,10-11H2,1H3. The van der Waals surface area contributed by atoms with E-state index in [9.17, 15) is 9.59 Å². The molecule has 8 heteroatoms. The van der Waals surface area contributed by atoms with Gasteiger partial charge in [0.1, 0.15) is 19.0 Å². The lowest BCUT2D eigenvalue weighted by Gasteiger charge is -2.07. The molecule has 0 aliphatic carbocycles. The molecule has 0 bridgehead atoms. The van der Waals surface area contributed by atoms with E-state index in [1.807, 2.05) is 0 Å². The highest BCUT2D eigenvalue weighted by atomic mass is 16.6. The number of ether oxygens (including phenoxy) is 3. The molecule has 25 heavy (non-hydrogen) atoms. The van der Waals surface area contributed by atoms with Gasteiger partial charge in [0.2, 0.25) is 0 Å². The Morgan fingerprint density at radius 3 is 1.68 bits per heavy atom. The van der Waals surface area contributed by atoms with Gasteiger partial charge in [-0.15, -0.1) is 0 Å². The summed E-state index contributed by atoms with van der Waals surface area (Å²) in [6.07, 6.45) is 0. The molecule has 0 saturated heterocycles. The summed E-state index contributed by atoms with van der Waals surface area (Å²) >= 11 is 0. The number of rotatable bonds is 7. The topological polar surface area (TPSA) is 102 Å². The van der Waals surface area contributed by atoms with Crippen molar-refractivity contribution in [2.24, 2.45) is 0 Å². The third-order valence-electron chi connectivity index (χ3n) is 3.32. The number of carbonyl (C=O) groups is 2. The van der Waals surface area contributed by atoms with Crippen LogP contribution in [0, 0.1) is 0 Å². The number of hydrogen-bond acceptors (Lipinski definition) is 7. The Morgan fingerprint density at radius 1 is 0.840 bits per heavy atom. The molecule has 0 fully saturated rings. The van der Waals surface area contributed by atoms with Gasteiger partial charge in [-0.05, 0) is 41.9 Å². The van der Waals surface area contributed by atoms with Gasteiger partial charge >= 0.3 is 19.1 Å². The lowest BCUT2D eigenvalue weighted by Crippen LogP contribution is -2.29. The van der Waals surface area contributed by atoms with Crippen molar-refractivity contribution in [3.05, 3.63) is 59.7 Å². The van der Waals surface area contributed by atoms with Gasteiger partial charge < -0.3 is 24.3 Å². The SMILES string of the molecule is COc1ccc(C(=O)OCCOC(=O)c2ccc(B(O)O)cc2)cc1. The Balaban J connectivity index is 1.76. The van der Waals surface area contributed by atoms with Gasteiger partial charge in [-0.2, -0.15) is 0 Å². The summed E-state index contributed by atoms with van der Waals surface area (Å²) in [5.74, 6) is -0.496.